The number of aromatic nitrogens is 2. The van der Waals surface area contributed by atoms with Crippen molar-refractivity contribution in [3.8, 4) is 0 Å². The van der Waals surface area contributed by atoms with Gasteiger partial charge in [0, 0.05) is 30.9 Å². The van der Waals surface area contributed by atoms with Crippen LogP contribution in [0.1, 0.15) is 38.2 Å². The summed E-state index contributed by atoms with van der Waals surface area (Å²) in [6, 6.07) is 0.504. The molecule has 2 rings (SSSR count). The van der Waals surface area contributed by atoms with Gasteiger partial charge in [-0.25, -0.2) is 0 Å². The summed E-state index contributed by atoms with van der Waals surface area (Å²) in [4.78, 5) is 13.8. The summed E-state index contributed by atoms with van der Waals surface area (Å²) >= 11 is 0. The molecular formula is C14H23N3O2. The van der Waals surface area contributed by atoms with E-state index in [4.69, 9.17) is 4.74 Å². The average Bonchev–Trinajstić information content (AvgIpc) is 3.08. The van der Waals surface area contributed by atoms with E-state index in [0.717, 1.165) is 18.7 Å². The Balaban J connectivity index is 2.01. The van der Waals surface area contributed by atoms with E-state index in [1.165, 1.54) is 32.8 Å². The number of hydrogen-bond acceptors (Lipinski definition) is 4. The second-order valence-corrected chi connectivity index (χ2v) is 5.12. The van der Waals surface area contributed by atoms with E-state index in [1.807, 2.05) is 10.9 Å². The molecule has 19 heavy (non-hydrogen) atoms. The van der Waals surface area contributed by atoms with Gasteiger partial charge in [-0.15, -0.1) is 0 Å². The molecule has 0 saturated heterocycles. The van der Waals surface area contributed by atoms with E-state index < -0.39 is 0 Å². The highest BCUT2D eigenvalue weighted by atomic mass is 16.5. The fourth-order valence-electron chi connectivity index (χ4n) is 2.71. The fourth-order valence-corrected chi connectivity index (χ4v) is 2.71. The second kappa shape index (κ2) is 6.70. The molecule has 0 unspecified atom stereocenters. The van der Waals surface area contributed by atoms with E-state index >= 15 is 0 Å². The van der Waals surface area contributed by atoms with Crippen LogP contribution in [0.2, 0.25) is 0 Å². The van der Waals surface area contributed by atoms with Crippen molar-refractivity contribution in [1.82, 2.24) is 14.7 Å². The second-order valence-electron chi connectivity index (χ2n) is 5.12. The van der Waals surface area contributed by atoms with Crippen molar-refractivity contribution in [2.24, 2.45) is 0 Å². The third-order valence-electron chi connectivity index (χ3n) is 3.80. The molecule has 0 aliphatic heterocycles. The lowest BCUT2D eigenvalue weighted by Crippen LogP contribution is -2.37. The molecule has 0 aromatic carbocycles. The number of carbonyl (C=O) groups excluding carboxylic acids is 1. The number of methoxy groups -OCH3 is 1. The van der Waals surface area contributed by atoms with Crippen LogP contribution in [0.4, 0.5) is 0 Å². The minimum Gasteiger partial charge on any atom is -0.468 e. The summed E-state index contributed by atoms with van der Waals surface area (Å²) in [5.74, 6) is -0.158. The number of rotatable bonds is 6. The van der Waals surface area contributed by atoms with Gasteiger partial charge in [-0.05, 0) is 19.8 Å². The Morgan fingerprint density at radius 3 is 2.84 bits per heavy atom. The summed E-state index contributed by atoms with van der Waals surface area (Å²) in [6.07, 6.45) is 8.83. The van der Waals surface area contributed by atoms with E-state index in [0.29, 0.717) is 12.6 Å². The van der Waals surface area contributed by atoms with Gasteiger partial charge < -0.3 is 4.74 Å². The molecule has 1 aliphatic rings. The van der Waals surface area contributed by atoms with E-state index in [2.05, 4.69) is 23.1 Å². The Hall–Kier alpha value is -1.36. The first-order valence-electron chi connectivity index (χ1n) is 7.05. The zero-order valence-corrected chi connectivity index (χ0v) is 11.8. The minimum absolute atomic E-state index is 0.158. The van der Waals surface area contributed by atoms with E-state index in [-0.39, 0.29) is 5.97 Å². The highest BCUT2D eigenvalue weighted by molar-refractivity contribution is 5.71. The molecule has 0 atom stereocenters. The first kappa shape index (κ1) is 14.1. The molecule has 5 nitrogen and oxygen atoms in total. The fraction of sp³-hybridized carbons (Fsp3) is 0.714. The number of ether oxygens (including phenoxy) is 1. The van der Waals surface area contributed by atoms with Gasteiger partial charge in [-0.1, -0.05) is 12.8 Å². The smallest absolute Gasteiger partial charge is 0.319 e. The van der Waals surface area contributed by atoms with Crippen LogP contribution in [0.3, 0.4) is 0 Å². The van der Waals surface area contributed by atoms with Crippen molar-refractivity contribution in [3.05, 3.63) is 18.0 Å². The highest BCUT2D eigenvalue weighted by Gasteiger charge is 2.25. The molecule has 0 spiro atoms. The Morgan fingerprint density at radius 2 is 2.26 bits per heavy atom. The number of carbonyl (C=O) groups is 1. The van der Waals surface area contributed by atoms with Gasteiger partial charge in [0.15, 0.2) is 0 Å². The zero-order valence-electron chi connectivity index (χ0n) is 11.8. The van der Waals surface area contributed by atoms with E-state index in [1.54, 1.807) is 0 Å². The lowest BCUT2D eigenvalue weighted by molar-refractivity contribution is -0.142. The topological polar surface area (TPSA) is 47.4 Å². The zero-order chi connectivity index (χ0) is 13.7. The van der Waals surface area contributed by atoms with Gasteiger partial charge in [-0.3, -0.25) is 14.4 Å². The van der Waals surface area contributed by atoms with Gasteiger partial charge >= 0.3 is 5.97 Å². The van der Waals surface area contributed by atoms with Crippen LogP contribution in [0, 0.1) is 0 Å². The lowest BCUT2D eigenvalue weighted by Gasteiger charge is -2.27. The molecule has 5 heteroatoms. The van der Waals surface area contributed by atoms with Crippen molar-refractivity contribution in [3.63, 3.8) is 0 Å². The van der Waals surface area contributed by atoms with Crippen LogP contribution < -0.4 is 0 Å². The molecule has 0 N–H and O–H groups in total. The molecule has 0 bridgehead atoms. The summed E-state index contributed by atoms with van der Waals surface area (Å²) in [5.41, 5.74) is 1.16. The summed E-state index contributed by atoms with van der Waals surface area (Å²) in [7, 11) is 1.45. The molecule has 1 saturated carbocycles. The number of esters is 1. The largest absolute Gasteiger partial charge is 0.468 e. The molecule has 1 fully saturated rings. The predicted molar refractivity (Wildman–Crippen MR) is 72.6 cm³/mol. The van der Waals surface area contributed by atoms with Crippen molar-refractivity contribution in [2.75, 3.05) is 13.7 Å². The van der Waals surface area contributed by atoms with Crippen molar-refractivity contribution >= 4 is 5.97 Å². The standard InChI is InChI=1S/C14H23N3O2/c1-3-17-10-12(8-15-17)9-16(11-14(18)19-2)13-6-4-5-7-13/h8,10,13H,3-7,9,11H2,1-2H3. The molecule has 1 aliphatic carbocycles. The summed E-state index contributed by atoms with van der Waals surface area (Å²) < 4.78 is 6.72. The predicted octanol–water partition coefficient (Wildman–Crippen LogP) is 1.82. The normalized spacial score (nSPS) is 16.2. The Morgan fingerprint density at radius 1 is 1.53 bits per heavy atom. The quantitative estimate of drug-likeness (QED) is 0.736. The van der Waals surface area contributed by atoms with Gasteiger partial charge in [0.1, 0.15) is 0 Å². The van der Waals surface area contributed by atoms with Crippen LogP contribution in [0.5, 0.6) is 0 Å². The minimum atomic E-state index is -0.158. The van der Waals surface area contributed by atoms with Crippen LogP contribution in [0.25, 0.3) is 0 Å². The van der Waals surface area contributed by atoms with Crippen molar-refractivity contribution in [2.45, 2.75) is 51.7 Å². The number of nitrogens with zero attached hydrogens (tertiary/aromatic N) is 3. The molecule has 1 aromatic heterocycles. The first-order chi connectivity index (χ1) is 9.22. The van der Waals surface area contributed by atoms with Crippen LogP contribution in [-0.4, -0.2) is 40.3 Å². The third kappa shape index (κ3) is 3.80. The lowest BCUT2D eigenvalue weighted by atomic mass is 10.2. The SMILES string of the molecule is CCn1cc(CN(CC(=O)OC)C2CCCC2)cn1. The molecule has 1 aromatic rings. The molecule has 1 heterocycles. The van der Waals surface area contributed by atoms with E-state index in [9.17, 15) is 4.79 Å². The maximum Gasteiger partial charge on any atom is 0.319 e. The number of hydrogen-bond donors (Lipinski definition) is 0. The van der Waals surface area contributed by atoms with Crippen LogP contribution in [0.15, 0.2) is 12.4 Å². The molecule has 0 amide bonds. The van der Waals surface area contributed by atoms with Crippen LogP contribution in [-0.2, 0) is 22.6 Å². The van der Waals surface area contributed by atoms with Gasteiger partial charge in [-0.2, -0.15) is 5.10 Å². The maximum atomic E-state index is 11.5. The van der Waals surface area contributed by atoms with Crippen LogP contribution >= 0.6 is 0 Å². The Labute approximate surface area is 114 Å². The van der Waals surface area contributed by atoms with Crippen molar-refractivity contribution < 1.29 is 9.53 Å². The Bertz CT molecular complexity index is 411. The highest BCUT2D eigenvalue weighted by Crippen LogP contribution is 2.24. The first-order valence-corrected chi connectivity index (χ1v) is 7.05. The number of aryl methyl sites for hydroxylation is 1. The average molecular weight is 265 g/mol. The molecular weight excluding hydrogens is 242 g/mol. The maximum absolute atomic E-state index is 11.5. The monoisotopic (exact) mass is 265 g/mol. The molecule has 106 valence electrons. The van der Waals surface area contributed by atoms with Gasteiger partial charge in [0.25, 0.3) is 0 Å². The van der Waals surface area contributed by atoms with Gasteiger partial charge in [0.2, 0.25) is 0 Å². The van der Waals surface area contributed by atoms with Gasteiger partial charge in [0.05, 0.1) is 19.9 Å². The summed E-state index contributed by atoms with van der Waals surface area (Å²) in [5, 5.41) is 4.29. The summed E-state index contributed by atoms with van der Waals surface area (Å²) in [6.45, 7) is 4.10. The van der Waals surface area contributed by atoms with Crippen molar-refractivity contribution in [1.29, 1.82) is 0 Å². The Kier molecular flexibility index (Phi) is 4.96. The molecule has 0 radical (unpaired) electrons. The third-order valence-corrected chi connectivity index (χ3v) is 3.80.